The quantitative estimate of drug-likeness (QED) is 0.696. The fourth-order valence-corrected chi connectivity index (χ4v) is 3.40. The molecule has 2 rings (SSSR count). The number of fused-ring (bicyclic) bond motifs is 1. The van der Waals surface area contributed by atoms with Gasteiger partial charge in [0.2, 0.25) is 0 Å². The third-order valence-corrected chi connectivity index (χ3v) is 4.81. The molecule has 1 N–H and O–H groups in total. The minimum absolute atomic E-state index is 0.124. The van der Waals surface area contributed by atoms with Gasteiger partial charge >= 0.3 is 5.97 Å². The molecule has 0 radical (unpaired) electrons. The molecule has 0 heterocycles. The first-order valence-corrected chi connectivity index (χ1v) is 8.39. The Kier molecular flexibility index (Phi) is 5.38. The van der Waals surface area contributed by atoms with E-state index in [0.29, 0.717) is 5.56 Å². The van der Waals surface area contributed by atoms with Crippen LogP contribution in [0.3, 0.4) is 0 Å². The molecule has 1 aliphatic carbocycles. The van der Waals surface area contributed by atoms with E-state index in [1.54, 1.807) is 12.1 Å². The molecule has 0 aromatic heterocycles. The summed E-state index contributed by atoms with van der Waals surface area (Å²) >= 11 is 0. The van der Waals surface area contributed by atoms with Gasteiger partial charge in [0.15, 0.2) is 5.78 Å². The van der Waals surface area contributed by atoms with Crippen molar-refractivity contribution in [3.8, 4) is 0 Å². The Morgan fingerprint density at radius 3 is 2.55 bits per heavy atom. The smallest absolute Gasteiger partial charge is 0.335 e. The van der Waals surface area contributed by atoms with Crippen molar-refractivity contribution in [1.29, 1.82) is 0 Å². The number of carboxylic acids is 1. The van der Waals surface area contributed by atoms with Gasteiger partial charge in [0.1, 0.15) is 0 Å². The van der Waals surface area contributed by atoms with Gasteiger partial charge in [-0.05, 0) is 30.5 Å². The molecule has 1 atom stereocenters. The van der Waals surface area contributed by atoms with Crippen LogP contribution >= 0.6 is 0 Å². The second kappa shape index (κ2) is 7.08. The normalized spacial score (nSPS) is 20.2. The first-order chi connectivity index (χ1) is 10.5. The number of ketones is 1. The van der Waals surface area contributed by atoms with Crippen molar-refractivity contribution in [2.75, 3.05) is 0 Å². The Bertz CT molecular complexity index is 562. The van der Waals surface area contributed by atoms with E-state index in [9.17, 15) is 9.59 Å². The summed E-state index contributed by atoms with van der Waals surface area (Å²) in [4.78, 5) is 23.7. The highest BCUT2D eigenvalue weighted by atomic mass is 16.4. The summed E-state index contributed by atoms with van der Waals surface area (Å²) < 4.78 is 0. The van der Waals surface area contributed by atoms with Gasteiger partial charge in [0.05, 0.1) is 5.56 Å². The lowest BCUT2D eigenvalue weighted by Crippen LogP contribution is -2.24. The standard InChI is InChI=1S/C19H26O3/c1-3-4-5-6-7-8-11-19(2)13-15-10-9-14(18(21)22)12-16(15)17(19)20/h9-10,12H,3-8,11,13H2,1-2H3,(H,21,22). The van der Waals surface area contributed by atoms with Gasteiger partial charge < -0.3 is 5.11 Å². The molecular formula is C19H26O3. The van der Waals surface area contributed by atoms with Crippen LogP contribution in [0.15, 0.2) is 18.2 Å². The van der Waals surface area contributed by atoms with Crippen molar-refractivity contribution >= 4 is 11.8 Å². The molecule has 120 valence electrons. The fraction of sp³-hybridized carbons (Fsp3) is 0.579. The van der Waals surface area contributed by atoms with E-state index in [2.05, 4.69) is 6.92 Å². The maximum absolute atomic E-state index is 12.7. The second-order valence-electron chi connectivity index (χ2n) is 6.76. The van der Waals surface area contributed by atoms with E-state index in [0.717, 1.165) is 24.8 Å². The lowest BCUT2D eigenvalue weighted by atomic mass is 9.81. The zero-order valence-corrected chi connectivity index (χ0v) is 13.7. The van der Waals surface area contributed by atoms with Crippen LogP contribution in [0.2, 0.25) is 0 Å². The lowest BCUT2D eigenvalue weighted by molar-refractivity contribution is 0.0697. The molecular weight excluding hydrogens is 276 g/mol. The van der Waals surface area contributed by atoms with Crippen LogP contribution in [0.25, 0.3) is 0 Å². The van der Waals surface area contributed by atoms with E-state index in [-0.39, 0.29) is 16.8 Å². The highest BCUT2D eigenvalue weighted by Crippen LogP contribution is 2.40. The Hall–Kier alpha value is -1.64. The van der Waals surface area contributed by atoms with Crippen molar-refractivity contribution in [3.63, 3.8) is 0 Å². The second-order valence-corrected chi connectivity index (χ2v) is 6.76. The van der Waals surface area contributed by atoms with Crippen molar-refractivity contribution < 1.29 is 14.7 Å². The van der Waals surface area contributed by atoms with Crippen molar-refractivity contribution in [1.82, 2.24) is 0 Å². The topological polar surface area (TPSA) is 54.4 Å². The molecule has 1 aliphatic rings. The number of hydrogen-bond acceptors (Lipinski definition) is 2. The molecule has 0 aliphatic heterocycles. The highest BCUT2D eigenvalue weighted by molar-refractivity contribution is 6.06. The van der Waals surface area contributed by atoms with Crippen molar-refractivity contribution in [2.45, 2.75) is 65.2 Å². The van der Waals surface area contributed by atoms with Gasteiger partial charge in [0.25, 0.3) is 0 Å². The largest absolute Gasteiger partial charge is 0.478 e. The summed E-state index contributed by atoms with van der Waals surface area (Å²) in [5.41, 5.74) is 1.48. The zero-order chi connectivity index (χ0) is 16.2. The van der Waals surface area contributed by atoms with Gasteiger partial charge in [-0.2, -0.15) is 0 Å². The number of carboxylic acid groups (broad SMARTS) is 1. The Balaban J connectivity index is 1.96. The third kappa shape index (κ3) is 3.57. The van der Waals surface area contributed by atoms with Crippen LogP contribution in [0.1, 0.15) is 85.1 Å². The minimum Gasteiger partial charge on any atom is -0.478 e. The number of rotatable bonds is 8. The maximum atomic E-state index is 12.7. The number of carbonyl (C=O) groups excluding carboxylic acids is 1. The van der Waals surface area contributed by atoms with Gasteiger partial charge in [-0.25, -0.2) is 4.79 Å². The average Bonchev–Trinajstić information content (AvgIpc) is 2.74. The summed E-state index contributed by atoms with van der Waals surface area (Å²) in [6.45, 7) is 4.24. The number of hydrogen-bond donors (Lipinski definition) is 1. The molecule has 22 heavy (non-hydrogen) atoms. The van der Waals surface area contributed by atoms with Gasteiger partial charge in [-0.1, -0.05) is 58.4 Å². The van der Waals surface area contributed by atoms with E-state index >= 15 is 0 Å². The van der Waals surface area contributed by atoms with Crippen LogP contribution in [0, 0.1) is 5.41 Å². The van der Waals surface area contributed by atoms with Crippen LogP contribution in [0.5, 0.6) is 0 Å². The monoisotopic (exact) mass is 302 g/mol. The predicted molar refractivity (Wildman–Crippen MR) is 87.5 cm³/mol. The first kappa shape index (κ1) is 16.7. The van der Waals surface area contributed by atoms with E-state index in [4.69, 9.17) is 5.11 Å². The van der Waals surface area contributed by atoms with Crippen LogP contribution in [-0.2, 0) is 6.42 Å². The van der Waals surface area contributed by atoms with Crippen LogP contribution in [0.4, 0.5) is 0 Å². The van der Waals surface area contributed by atoms with Crippen molar-refractivity contribution in [3.05, 3.63) is 34.9 Å². The predicted octanol–water partition coefficient (Wildman–Crippen LogP) is 4.88. The van der Waals surface area contributed by atoms with Crippen LogP contribution in [-0.4, -0.2) is 16.9 Å². The molecule has 3 nitrogen and oxygen atoms in total. The van der Waals surface area contributed by atoms with E-state index in [1.165, 1.54) is 32.1 Å². The molecule has 0 fully saturated rings. The van der Waals surface area contributed by atoms with Crippen LogP contribution < -0.4 is 0 Å². The molecule has 1 unspecified atom stereocenters. The van der Waals surface area contributed by atoms with E-state index < -0.39 is 5.97 Å². The molecule has 0 spiro atoms. The minimum atomic E-state index is -0.972. The summed E-state index contributed by atoms with van der Waals surface area (Å²) in [5.74, 6) is -0.848. The number of benzene rings is 1. The number of unbranched alkanes of at least 4 members (excludes halogenated alkanes) is 5. The zero-order valence-electron chi connectivity index (χ0n) is 13.7. The Morgan fingerprint density at radius 2 is 1.86 bits per heavy atom. The maximum Gasteiger partial charge on any atom is 0.335 e. The molecule has 1 aromatic carbocycles. The Morgan fingerprint density at radius 1 is 1.18 bits per heavy atom. The number of aromatic carboxylic acids is 1. The first-order valence-electron chi connectivity index (χ1n) is 8.39. The molecule has 1 aromatic rings. The molecule has 3 heteroatoms. The summed E-state index contributed by atoms with van der Waals surface area (Å²) in [6, 6.07) is 4.96. The van der Waals surface area contributed by atoms with Gasteiger partial charge in [-0.15, -0.1) is 0 Å². The highest BCUT2D eigenvalue weighted by Gasteiger charge is 2.41. The molecule has 0 saturated heterocycles. The summed E-state index contributed by atoms with van der Waals surface area (Å²) in [7, 11) is 0. The SMILES string of the molecule is CCCCCCCCC1(C)Cc2ccc(C(=O)O)cc2C1=O. The molecule has 0 saturated carbocycles. The van der Waals surface area contributed by atoms with E-state index in [1.807, 2.05) is 13.0 Å². The number of Topliss-reactive ketones (excluding diaryl/α,β-unsaturated/α-hetero) is 1. The lowest BCUT2D eigenvalue weighted by Gasteiger charge is -2.21. The molecule has 0 amide bonds. The van der Waals surface area contributed by atoms with Crippen molar-refractivity contribution in [2.24, 2.45) is 5.41 Å². The Labute approximate surface area is 132 Å². The average molecular weight is 302 g/mol. The summed E-state index contributed by atoms with van der Waals surface area (Å²) in [6.07, 6.45) is 8.96. The number of carbonyl (C=O) groups is 2. The third-order valence-electron chi connectivity index (χ3n) is 4.81. The van der Waals surface area contributed by atoms with Gasteiger partial charge in [-0.3, -0.25) is 4.79 Å². The fourth-order valence-electron chi connectivity index (χ4n) is 3.40. The van der Waals surface area contributed by atoms with Gasteiger partial charge in [0, 0.05) is 11.0 Å². The summed E-state index contributed by atoms with van der Waals surface area (Å²) in [5, 5.41) is 9.07. The molecule has 0 bridgehead atoms.